The smallest absolute Gasteiger partial charge is 0.0497 e. The minimum Gasteiger partial charge on any atom is -0.310 e. The predicted octanol–water partition coefficient (Wildman–Crippen LogP) is 7.05. The predicted molar refractivity (Wildman–Crippen MR) is 119 cm³/mol. The molecule has 144 valence electrons. The summed E-state index contributed by atoms with van der Waals surface area (Å²) in [6.45, 7) is 13.7. The number of benzene rings is 2. The van der Waals surface area contributed by atoms with Crippen LogP contribution in [0, 0.1) is 0 Å². The lowest BCUT2D eigenvalue weighted by Gasteiger charge is -2.35. The van der Waals surface area contributed by atoms with E-state index in [-0.39, 0.29) is 10.8 Å². The Hall–Kier alpha value is -2.61. The van der Waals surface area contributed by atoms with Gasteiger partial charge in [0.25, 0.3) is 0 Å². The van der Waals surface area contributed by atoms with Gasteiger partial charge in [0, 0.05) is 35.9 Å². The maximum absolute atomic E-state index is 4.22. The van der Waals surface area contributed by atoms with Crippen LogP contribution in [-0.2, 0) is 17.3 Å². The van der Waals surface area contributed by atoms with Crippen LogP contribution in [0.4, 0.5) is 17.1 Å². The molecule has 1 aromatic heterocycles. The Balaban J connectivity index is 1.92. The first kappa shape index (κ1) is 18.7. The molecular weight excluding hydrogens is 340 g/mol. The summed E-state index contributed by atoms with van der Waals surface area (Å²) in [5, 5.41) is 0. The van der Waals surface area contributed by atoms with E-state index < -0.39 is 0 Å². The summed E-state index contributed by atoms with van der Waals surface area (Å²) >= 11 is 0. The van der Waals surface area contributed by atoms with Crippen LogP contribution < -0.4 is 4.90 Å². The van der Waals surface area contributed by atoms with Crippen molar-refractivity contribution in [2.45, 2.75) is 58.8 Å². The molecule has 3 aromatic rings. The molecule has 0 amide bonds. The SMILES string of the molecule is CC(C)(C)c1ccc2c(c1)Cc1cc(C(C)(C)C)ccc1N2c1ccncc1. The van der Waals surface area contributed by atoms with Crippen LogP contribution in [0.1, 0.15) is 63.8 Å². The maximum atomic E-state index is 4.22. The Morgan fingerprint density at radius 1 is 0.679 bits per heavy atom. The molecule has 0 aliphatic carbocycles. The highest BCUT2D eigenvalue weighted by Gasteiger charge is 2.27. The second-order valence-corrected chi connectivity index (χ2v) is 9.90. The first-order chi connectivity index (χ1) is 13.1. The van der Waals surface area contributed by atoms with Crippen LogP contribution in [0.25, 0.3) is 0 Å². The molecule has 28 heavy (non-hydrogen) atoms. The fourth-order valence-corrected chi connectivity index (χ4v) is 3.93. The Morgan fingerprint density at radius 2 is 1.14 bits per heavy atom. The average molecular weight is 371 g/mol. The molecule has 0 spiro atoms. The molecule has 2 nitrogen and oxygen atoms in total. The molecule has 2 aromatic carbocycles. The molecule has 1 aliphatic heterocycles. The van der Waals surface area contributed by atoms with E-state index in [2.05, 4.69) is 100.0 Å². The number of pyridine rings is 1. The molecule has 0 N–H and O–H groups in total. The van der Waals surface area contributed by atoms with Crippen molar-refractivity contribution in [3.63, 3.8) is 0 Å². The highest BCUT2D eigenvalue weighted by molar-refractivity contribution is 5.83. The van der Waals surface area contributed by atoms with Crippen molar-refractivity contribution in [3.05, 3.63) is 83.2 Å². The summed E-state index contributed by atoms with van der Waals surface area (Å²) in [6.07, 6.45) is 4.72. The Bertz CT molecular complexity index is 941. The number of nitrogens with zero attached hydrogens (tertiary/aromatic N) is 2. The molecule has 0 saturated carbocycles. The second kappa shape index (κ2) is 6.48. The van der Waals surface area contributed by atoms with Crippen molar-refractivity contribution >= 4 is 17.1 Å². The van der Waals surface area contributed by atoms with Crippen LogP contribution in [0.2, 0.25) is 0 Å². The molecule has 2 heterocycles. The summed E-state index contributed by atoms with van der Waals surface area (Å²) in [7, 11) is 0. The second-order valence-electron chi connectivity index (χ2n) is 9.90. The highest BCUT2D eigenvalue weighted by Crippen LogP contribution is 2.45. The normalized spacial score (nSPS) is 13.9. The van der Waals surface area contributed by atoms with Crippen molar-refractivity contribution in [3.8, 4) is 0 Å². The van der Waals surface area contributed by atoms with Gasteiger partial charge in [-0.2, -0.15) is 0 Å². The quantitative estimate of drug-likeness (QED) is 0.357. The first-order valence-electron chi connectivity index (χ1n) is 10.1. The van der Waals surface area contributed by atoms with Crippen LogP contribution >= 0.6 is 0 Å². The molecule has 0 saturated heterocycles. The molecule has 2 heteroatoms. The van der Waals surface area contributed by atoms with Gasteiger partial charge in [-0.25, -0.2) is 0 Å². The molecule has 4 rings (SSSR count). The van der Waals surface area contributed by atoms with Crippen LogP contribution in [0.15, 0.2) is 60.9 Å². The van der Waals surface area contributed by atoms with E-state index in [1.165, 1.54) is 33.6 Å². The highest BCUT2D eigenvalue weighted by atomic mass is 15.2. The van der Waals surface area contributed by atoms with Crippen molar-refractivity contribution in [1.82, 2.24) is 4.98 Å². The lowest BCUT2D eigenvalue weighted by molar-refractivity contribution is 0.588. The first-order valence-corrected chi connectivity index (χ1v) is 10.1. The molecule has 1 aliphatic rings. The minimum atomic E-state index is 0.143. The Morgan fingerprint density at radius 3 is 1.57 bits per heavy atom. The summed E-state index contributed by atoms with van der Waals surface area (Å²) < 4.78 is 0. The fraction of sp³-hybridized carbons (Fsp3) is 0.346. The van der Waals surface area contributed by atoms with E-state index in [1.807, 2.05) is 12.4 Å². The van der Waals surface area contributed by atoms with Crippen LogP contribution in [0.3, 0.4) is 0 Å². The average Bonchev–Trinajstić information content (AvgIpc) is 2.64. The summed E-state index contributed by atoms with van der Waals surface area (Å²) in [5.74, 6) is 0. The number of hydrogen-bond acceptors (Lipinski definition) is 2. The van der Waals surface area contributed by atoms with Gasteiger partial charge in [0.05, 0.1) is 0 Å². The number of rotatable bonds is 1. The maximum Gasteiger partial charge on any atom is 0.0497 e. The van der Waals surface area contributed by atoms with Gasteiger partial charge in [0.15, 0.2) is 0 Å². The minimum absolute atomic E-state index is 0.143. The third-order valence-electron chi connectivity index (χ3n) is 5.67. The van der Waals surface area contributed by atoms with Crippen LogP contribution in [-0.4, -0.2) is 4.98 Å². The molecule has 0 fully saturated rings. The Kier molecular flexibility index (Phi) is 4.33. The fourth-order valence-electron chi connectivity index (χ4n) is 3.93. The van der Waals surface area contributed by atoms with Crippen molar-refractivity contribution in [2.75, 3.05) is 4.90 Å². The zero-order valence-electron chi connectivity index (χ0n) is 17.9. The molecule has 0 unspecified atom stereocenters. The number of anilines is 3. The third kappa shape index (κ3) is 3.32. The third-order valence-corrected chi connectivity index (χ3v) is 5.67. The zero-order chi connectivity index (χ0) is 20.1. The van der Waals surface area contributed by atoms with Crippen molar-refractivity contribution < 1.29 is 0 Å². The van der Waals surface area contributed by atoms with E-state index in [0.29, 0.717) is 0 Å². The summed E-state index contributed by atoms with van der Waals surface area (Å²) in [5.41, 5.74) is 9.54. The van der Waals surface area contributed by atoms with Gasteiger partial charge in [0.1, 0.15) is 0 Å². The van der Waals surface area contributed by atoms with E-state index in [1.54, 1.807) is 0 Å². The standard InChI is InChI=1S/C26H30N2/c1-25(2,3)20-7-9-23-18(16-20)15-19-17-21(26(4,5)6)8-10-24(19)28(23)22-11-13-27-14-12-22/h7-14,16-17H,15H2,1-6H3. The van der Waals surface area contributed by atoms with Gasteiger partial charge in [-0.05, 0) is 57.3 Å². The Labute approximate surface area is 169 Å². The largest absolute Gasteiger partial charge is 0.310 e. The number of aromatic nitrogens is 1. The van der Waals surface area contributed by atoms with Gasteiger partial charge in [-0.3, -0.25) is 4.98 Å². The van der Waals surface area contributed by atoms with Crippen molar-refractivity contribution in [2.24, 2.45) is 0 Å². The number of fused-ring (bicyclic) bond motifs is 2. The van der Waals surface area contributed by atoms with E-state index in [0.717, 1.165) is 12.1 Å². The van der Waals surface area contributed by atoms with Gasteiger partial charge < -0.3 is 4.90 Å². The lowest BCUT2D eigenvalue weighted by Crippen LogP contribution is -2.21. The van der Waals surface area contributed by atoms with Gasteiger partial charge >= 0.3 is 0 Å². The van der Waals surface area contributed by atoms with Gasteiger partial charge in [-0.1, -0.05) is 65.8 Å². The molecule has 0 atom stereocenters. The lowest BCUT2D eigenvalue weighted by atomic mass is 9.82. The number of hydrogen-bond donors (Lipinski definition) is 0. The summed E-state index contributed by atoms with van der Waals surface area (Å²) in [4.78, 5) is 6.60. The van der Waals surface area contributed by atoms with E-state index >= 15 is 0 Å². The van der Waals surface area contributed by atoms with E-state index in [4.69, 9.17) is 0 Å². The molecular formula is C26H30N2. The zero-order valence-corrected chi connectivity index (χ0v) is 17.9. The summed E-state index contributed by atoms with van der Waals surface area (Å²) in [6, 6.07) is 18.1. The molecule has 0 radical (unpaired) electrons. The van der Waals surface area contributed by atoms with E-state index in [9.17, 15) is 0 Å². The van der Waals surface area contributed by atoms with Gasteiger partial charge in [0.2, 0.25) is 0 Å². The van der Waals surface area contributed by atoms with Gasteiger partial charge in [-0.15, -0.1) is 0 Å². The van der Waals surface area contributed by atoms with Crippen molar-refractivity contribution in [1.29, 1.82) is 0 Å². The molecule has 0 bridgehead atoms. The monoisotopic (exact) mass is 370 g/mol. The topological polar surface area (TPSA) is 16.1 Å². The van der Waals surface area contributed by atoms with Crippen LogP contribution in [0.5, 0.6) is 0 Å².